The normalized spacial score (nSPS) is 26.4. The third-order valence-corrected chi connectivity index (χ3v) is 6.35. The molecule has 24 heavy (non-hydrogen) atoms. The Labute approximate surface area is 143 Å². The van der Waals surface area contributed by atoms with E-state index in [9.17, 15) is 8.42 Å². The number of morpholine rings is 1. The summed E-state index contributed by atoms with van der Waals surface area (Å²) in [5.41, 5.74) is 0.989. The molecule has 0 bridgehead atoms. The van der Waals surface area contributed by atoms with Crippen molar-refractivity contribution in [3.05, 3.63) is 47.9 Å². The molecule has 2 aliphatic rings. The number of ether oxygens (including phenoxy) is 2. The van der Waals surface area contributed by atoms with Crippen molar-refractivity contribution in [2.75, 3.05) is 26.3 Å². The van der Waals surface area contributed by atoms with Crippen molar-refractivity contribution >= 4 is 10.0 Å². The minimum absolute atomic E-state index is 0.0696. The summed E-state index contributed by atoms with van der Waals surface area (Å²) < 4.78 is 38.4. The first-order chi connectivity index (χ1) is 11.3. The van der Waals surface area contributed by atoms with Crippen LogP contribution < -0.4 is 4.72 Å². The average molecular weight is 352 g/mol. The Morgan fingerprint density at radius 1 is 1.25 bits per heavy atom. The quantitative estimate of drug-likeness (QED) is 0.898. The van der Waals surface area contributed by atoms with E-state index in [1.54, 1.807) is 13.8 Å². The maximum Gasteiger partial charge on any atom is 0.246 e. The van der Waals surface area contributed by atoms with Crippen LogP contribution in [0.1, 0.15) is 30.2 Å². The fourth-order valence-corrected chi connectivity index (χ4v) is 5.17. The van der Waals surface area contributed by atoms with Crippen LogP contribution >= 0.6 is 0 Å². The molecule has 1 aromatic rings. The fraction of sp³-hybridized carbons (Fsp3) is 0.529. The predicted octanol–water partition coefficient (Wildman–Crippen LogP) is 1.76. The molecule has 2 aliphatic heterocycles. The van der Waals surface area contributed by atoms with Gasteiger partial charge in [0, 0.05) is 19.6 Å². The van der Waals surface area contributed by atoms with Crippen LogP contribution in [0, 0.1) is 0 Å². The SMILES string of the molecule is C=C1NS(=O)(=O)C(c2ccc(CN3CCOCC3)cc2)C(C)(C)O1. The molecular weight excluding hydrogens is 328 g/mol. The Bertz CT molecular complexity index is 707. The second kappa shape index (κ2) is 6.38. The molecule has 1 atom stereocenters. The van der Waals surface area contributed by atoms with Crippen LogP contribution in [-0.4, -0.2) is 45.2 Å². The number of benzene rings is 1. The summed E-state index contributed by atoms with van der Waals surface area (Å²) in [7, 11) is -3.57. The minimum Gasteiger partial charge on any atom is -0.471 e. The van der Waals surface area contributed by atoms with Gasteiger partial charge in [-0.05, 0) is 31.6 Å². The molecule has 132 valence electrons. The molecule has 0 aliphatic carbocycles. The van der Waals surface area contributed by atoms with Gasteiger partial charge in [0.15, 0.2) is 5.88 Å². The number of nitrogens with one attached hydrogen (secondary N) is 1. The second-order valence-corrected chi connectivity index (χ2v) is 8.55. The molecule has 0 amide bonds. The standard InChI is InChI=1S/C17H24N2O4S/c1-13-18-24(20,21)16(17(2,3)23-13)15-6-4-14(5-7-15)12-19-8-10-22-11-9-19/h4-7,16,18H,1,8-12H2,2-3H3. The van der Waals surface area contributed by atoms with Gasteiger partial charge in [0.2, 0.25) is 10.0 Å². The van der Waals surface area contributed by atoms with Gasteiger partial charge in [-0.1, -0.05) is 24.3 Å². The van der Waals surface area contributed by atoms with Crippen molar-refractivity contribution in [3.63, 3.8) is 0 Å². The molecule has 6 nitrogen and oxygen atoms in total. The maximum atomic E-state index is 12.5. The first-order valence-electron chi connectivity index (χ1n) is 8.06. The molecule has 1 N–H and O–H groups in total. The Balaban J connectivity index is 1.80. The van der Waals surface area contributed by atoms with E-state index in [2.05, 4.69) is 16.2 Å². The predicted molar refractivity (Wildman–Crippen MR) is 91.6 cm³/mol. The Morgan fingerprint density at radius 2 is 1.88 bits per heavy atom. The summed E-state index contributed by atoms with van der Waals surface area (Å²) in [6.45, 7) is 11.3. The van der Waals surface area contributed by atoms with Crippen LogP contribution in [0.15, 0.2) is 36.7 Å². The summed E-state index contributed by atoms with van der Waals surface area (Å²) in [6.07, 6.45) is 0. The van der Waals surface area contributed by atoms with Gasteiger partial charge in [-0.25, -0.2) is 8.42 Å². The zero-order chi connectivity index (χ0) is 17.4. The van der Waals surface area contributed by atoms with E-state index in [0.29, 0.717) is 5.56 Å². The molecule has 1 aromatic carbocycles. The third-order valence-electron chi connectivity index (χ3n) is 4.38. The third kappa shape index (κ3) is 3.58. The van der Waals surface area contributed by atoms with Gasteiger partial charge < -0.3 is 9.47 Å². The van der Waals surface area contributed by atoms with Gasteiger partial charge in [-0.15, -0.1) is 0 Å². The summed E-state index contributed by atoms with van der Waals surface area (Å²) in [5, 5.41) is -0.784. The first kappa shape index (κ1) is 17.3. The molecule has 2 heterocycles. The van der Waals surface area contributed by atoms with Crippen LogP contribution in [0.2, 0.25) is 0 Å². The lowest BCUT2D eigenvalue weighted by Crippen LogP contribution is -2.48. The van der Waals surface area contributed by atoms with Gasteiger partial charge in [-0.3, -0.25) is 9.62 Å². The fourth-order valence-electron chi connectivity index (χ4n) is 3.38. The van der Waals surface area contributed by atoms with Crippen molar-refractivity contribution in [3.8, 4) is 0 Å². The second-order valence-electron chi connectivity index (χ2n) is 6.79. The van der Waals surface area contributed by atoms with Crippen LogP contribution in [0.4, 0.5) is 0 Å². The molecule has 2 saturated heterocycles. The monoisotopic (exact) mass is 352 g/mol. The van der Waals surface area contributed by atoms with E-state index in [4.69, 9.17) is 9.47 Å². The van der Waals surface area contributed by atoms with E-state index in [1.807, 2.05) is 24.3 Å². The number of sulfonamides is 1. The number of hydrogen-bond acceptors (Lipinski definition) is 5. The summed E-state index contributed by atoms with van der Waals surface area (Å²) in [6, 6.07) is 7.72. The van der Waals surface area contributed by atoms with Gasteiger partial charge in [-0.2, -0.15) is 0 Å². The molecule has 0 radical (unpaired) electrons. The van der Waals surface area contributed by atoms with E-state index in [1.165, 1.54) is 0 Å². The Morgan fingerprint density at radius 3 is 2.46 bits per heavy atom. The van der Waals surface area contributed by atoms with E-state index >= 15 is 0 Å². The summed E-state index contributed by atoms with van der Waals surface area (Å²) in [5.74, 6) is 0.0696. The van der Waals surface area contributed by atoms with Gasteiger partial charge in [0.25, 0.3) is 0 Å². The number of nitrogens with zero attached hydrogens (tertiary/aromatic N) is 1. The highest BCUT2D eigenvalue weighted by Gasteiger charge is 2.47. The first-order valence-corrected chi connectivity index (χ1v) is 9.61. The van der Waals surface area contributed by atoms with Crippen molar-refractivity contribution in [1.29, 1.82) is 0 Å². The molecular formula is C17H24N2O4S. The van der Waals surface area contributed by atoms with Gasteiger partial charge >= 0.3 is 0 Å². The molecule has 3 rings (SSSR count). The minimum atomic E-state index is -3.57. The molecule has 0 spiro atoms. The van der Waals surface area contributed by atoms with E-state index in [0.717, 1.165) is 38.4 Å². The Kier molecular flexibility index (Phi) is 4.59. The van der Waals surface area contributed by atoms with Crippen LogP contribution in [-0.2, 0) is 26.0 Å². The lowest BCUT2D eigenvalue weighted by Gasteiger charge is -2.39. The highest BCUT2D eigenvalue weighted by molar-refractivity contribution is 7.90. The molecule has 0 aromatic heterocycles. The zero-order valence-corrected chi connectivity index (χ0v) is 14.9. The van der Waals surface area contributed by atoms with Gasteiger partial charge in [0.05, 0.1) is 13.2 Å². The average Bonchev–Trinajstić information content (AvgIpc) is 2.47. The van der Waals surface area contributed by atoms with Crippen molar-refractivity contribution < 1.29 is 17.9 Å². The van der Waals surface area contributed by atoms with Crippen LogP contribution in [0.5, 0.6) is 0 Å². The highest BCUT2D eigenvalue weighted by Crippen LogP contribution is 2.40. The van der Waals surface area contributed by atoms with Crippen molar-refractivity contribution in [2.24, 2.45) is 0 Å². The molecule has 7 heteroatoms. The zero-order valence-electron chi connectivity index (χ0n) is 14.1. The van der Waals surface area contributed by atoms with E-state index in [-0.39, 0.29) is 5.88 Å². The van der Waals surface area contributed by atoms with E-state index < -0.39 is 20.9 Å². The summed E-state index contributed by atoms with van der Waals surface area (Å²) in [4.78, 5) is 2.33. The van der Waals surface area contributed by atoms with Crippen LogP contribution in [0.3, 0.4) is 0 Å². The number of rotatable bonds is 3. The topological polar surface area (TPSA) is 67.9 Å². The molecule has 1 unspecified atom stereocenters. The van der Waals surface area contributed by atoms with Gasteiger partial charge in [0.1, 0.15) is 10.9 Å². The Hall–Kier alpha value is -1.57. The lowest BCUT2D eigenvalue weighted by atomic mass is 9.96. The molecule has 0 saturated carbocycles. The van der Waals surface area contributed by atoms with Crippen molar-refractivity contribution in [2.45, 2.75) is 31.2 Å². The largest absolute Gasteiger partial charge is 0.471 e. The number of hydrogen-bond donors (Lipinski definition) is 1. The lowest BCUT2D eigenvalue weighted by molar-refractivity contribution is 0.0156. The maximum absolute atomic E-state index is 12.5. The van der Waals surface area contributed by atoms with Crippen LogP contribution in [0.25, 0.3) is 0 Å². The highest BCUT2D eigenvalue weighted by atomic mass is 32.2. The van der Waals surface area contributed by atoms with Crippen molar-refractivity contribution in [1.82, 2.24) is 9.62 Å². The smallest absolute Gasteiger partial charge is 0.246 e. The molecule has 2 fully saturated rings. The summed E-state index contributed by atoms with van der Waals surface area (Å²) >= 11 is 0.